The number of nitrogens with one attached hydrogen (secondary N) is 1. The number of thiophene rings is 1. The van der Waals surface area contributed by atoms with E-state index in [-0.39, 0.29) is 24.0 Å². The second kappa shape index (κ2) is 12.0. The lowest BCUT2D eigenvalue weighted by atomic mass is 10.2. The summed E-state index contributed by atoms with van der Waals surface area (Å²) in [4.78, 5) is 11.8. The molecule has 2 saturated heterocycles. The first-order chi connectivity index (χ1) is 12.4. The summed E-state index contributed by atoms with van der Waals surface area (Å²) in [6, 6.07) is 4.34. The minimum absolute atomic E-state index is 0. The van der Waals surface area contributed by atoms with Crippen molar-refractivity contribution in [3.63, 3.8) is 0 Å². The molecule has 6 nitrogen and oxygen atoms in total. The molecule has 2 aliphatic heterocycles. The van der Waals surface area contributed by atoms with Gasteiger partial charge in [-0.3, -0.25) is 9.89 Å². The fraction of sp³-hybridized carbons (Fsp3) is 0.722. The van der Waals surface area contributed by atoms with Crippen LogP contribution in [-0.2, 0) is 4.74 Å². The van der Waals surface area contributed by atoms with Crippen LogP contribution in [0.2, 0.25) is 0 Å². The first-order valence-corrected chi connectivity index (χ1v) is 10.3. The number of rotatable bonds is 6. The number of hydrogen-bond acceptors (Lipinski definition) is 5. The Labute approximate surface area is 178 Å². The zero-order valence-electron chi connectivity index (χ0n) is 15.7. The van der Waals surface area contributed by atoms with Crippen molar-refractivity contribution in [3.8, 4) is 0 Å². The zero-order chi connectivity index (χ0) is 17.3. The molecule has 0 unspecified atom stereocenters. The highest BCUT2D eigenvalue weighted by atomic mass is 127. The molecule has 0 bridgehead atoms. The SMILES string of the molecule is CN=C(NCCCCN1CCOCC1)N1CCN(c2cccs2)CC1.I. The first kappa shape index (κ1) is 21.7. The van der Waals surface area contributed by atoms with Crippen molar-refractivity contribution in [2.75, 3.05) is 77.5 Å². The van der Waals surface area contributed by atoms with Gasteiger partial charge in [0.1, 0.15) is 0 Å². The normalized spacial score (nSPS) is 19.3. The smallest absolute Gasteiger partial charge is 0.193 e. The molecule has 3 heterocycles. The monoisotopic (exact) mass is 493 g/mol. The Balaban J connectivity index is 0.00000243. The Morgan fingerprint density at radius 1 is 1.15 bits per heavy atom. The molecule has 1 aromatic heterocycles. The van der Waals surface area contributed by atoms with Crippen molar-refractivity contribution in [2.45, 2.75) is 12.8 Å². The summed E-state index contributed by atoms with van der Waals surface area (Å²) in [5.41, 5.74) is 0. The predicted molar refractivity (Wildman–Crippen MR) is 121 cm³/mol. The molecule has 0 aliphatic carbocycles. The van der Waals surface area contributed by atoms with Crippen LogP contribution in [0, 0.1) is 0 Å². The molecule has 0 radical (unpaired) electrons. The van der Waals surface area contributed by atoms with Gasteiger partial charge in [-0.1, -0.05) is 0 Å². The minimum Gasteiger partial charge on any atom is -0.379 e. The maximum atomic E-state index is 5.39. The second-order valence-electron chi connectivity index (χ2n) is 6.56. The summed E-state index contributed by atoms with van der Waals surface area (Å²) >= 11 is 1.83. The van der Waals surface area contributed by atoms with Crippen LogP contribution in [0.15, 0.2) is 22.5 Å². The molecule has 0 atom stereocenters. The summed E-state index contributed by atoms with van der Waals surface area (Å²) in [7, 11) is 1.89. The number of morpholine rings is 1. The van der Waals surface area contributed by atoms with Crippen LogP contribution in [0.1, 0.15) is 12.8 Å². The number of hydrogen-bond donors (Lipinski definition) is 1. The van der Waals surface area contributed by atoms with E-state index in [4.69, 9.17) is 4.74 Å². The number of ether oxygens (including phenoxy) is 1. The van der Waals surface area contributed by atoms with E-state index in [1.165, 1.54) is 24.4 Å². The molecule has 0 saturated carbocycles. The van der Waals surface area contributed by atoms with Gasteiger partial charge >= 0.3 is 0 Å². The third-order valence-corrected chi connectivity index (χ3v) is 5.83. The highest BCUT2D eigenvalue weighted by molar-refractivity contribution is 14.0. The quantitative estimate of drug-likeness (QED) is 0.285. The Hall–Kier alpha value is -0.580. The van der Waals surface area contributed by atoms with E-state index in [1.54, 1.807) is 0 Å². The molecular formula is C18H32IN5OS. The summed E-state index contributed by atoms with van der Waals surface area (Å²) in [5, 5.41) is 7.08. The number of unbranched alkanes of at least 4 members (excludes halogenated alkanes) is 1. The van der Waals surface area contributed by atoms with Crippen LogP contribution < -0.4 is 10.2 Å². The topological polar surface area (TPSA) is 43.3 Å². The molecule has 0 aromatic carbocycles. The lowest BCUT2D eigenvalue weighted by Crippen LogP contribution is -2.52. The van der Waals surface area contributed by atoms with Gasteiger partial charge in [0.15, 0.2) is 5.96 Å². The van der Waals surface area contributed by atoms with E-state index >= 15 is 0 Å². The second-order valence-corrected chi connectivity index (χ2v) is 7.49. The van der Waals surface area contributed by atoms with Gasteiger partial charge in [-0.2, -0.15) is 0 Å². The van der Waals surface area contributed by atoms with E-state index in [2.05, 4.69) is 42.5 Å². The third-order valence-electron chi connectivity index (χ3n) is 4.90. The number of halogens is 1. The standard InChI is InChI=1S/C18H31N5OS.HI/c1-19-18(20-6-2-3-7-21-12-14-24-15-13-21)23-10-8-22(9-11-23)17-5-4-16-25-17;/h4-5,16H,2-3,6-15H2,1H3,(H,19,20);1H. The molecule has 0 amide bonds. The number of anilines is 1. The molecule has 2 aliphatic rings. The van der Waals surface area contributed by atoms with Crippen LogP contribution >= 0.6 is 35.3 Å². The van der Waals surface area contributed by atoms with Crippen molar-refractivity contribution in [1.29, 1.82) is 0 Å². The largest absolute Gasteiger partial charge is 0.379 e. The lowest BCUT2D eigenvalue weighted by Gasteiger charge is -2.37. The third kappa shape index (κ3) is 6.54. The number of guanidine groups is 1. The van der Waals surface area contributed by atoms with E-state index in [0.717, 1.165) is 65.0 Å². The summed E-state index contributed by atoms with van der Waals surface area (Å²) < 4.78 is 5.39. The molecule has 1 aromatic rings. The molecule has 148 valence electrons. The Bertz CT molecular complexity index is 514. The van der Waals surface area contributed by atoms with Gasteiger partial charge in [0, 0.05) is 52.9 Å². The Morgan fingerprint density at radius 2 is 1.92 bits per heavy atom. The summed E-state index contributed by atoms with van der Waals surface area (Å²) in [6.07, 6.45) is 2.42. The predicted octanol–water partition coefficient (Wildman–Crippen LogP) is 2.18. The maximum absolute atomic E-state index is 5.39. The van der Waals surface area contributed by atoms with Gasteiger partial charge in [-0.25, -0.2) is 0 Å². The maximum Gasteiger partial charge on any atom is 0.193 e. The molecule has 8 heteroatoms. The zero-order valence-corrected chi connectivity index (χ0v) is 18.9. The average molecular weight is 493 g/mol. The molecule has 1 N–H and O–H groups in total. The average Bonchev–Trinajstić information content (AvgIpc) is 3.21. The van der Waals surface area contributed by atoms with Crippen LogP contribution in [0.4, 0.5) is 5.00 Å². The van der Waals surface area contributed by atoms with Crippen LogP contribution in [0.5, 0.6) is 0 Å². The van der Waals surface area contributed by atoms with Gasteiger partial charge < -0.3 is 19.9 Å². The van der Waals surface area contributed by atoms with Crippen molar-refractivity contribution in [2.24, 2.45) is 4.99 Å². The van der Waals surface area contributed by atoms with E-state index in [1.807, 2.05) is 18.4 Å². The minimum atomic E-state index is 0. The van der Waals surface area contributed by atoms with E-state index < -0.39 is 0 Å². The van der Waals surface area contributed by atoms with Crippen molar-refractivity contribution in [3.05, 3.63) is 17.5 Å². The Kier molecular flexibility index (Phi) is 10.0. The highest BCUT2D eigenvalue weighted by Crippen LogP contribution is 2.22. The van der Waals surface area contributed by atoms with E-state index in [0.29, 0.717) is 0 Å². The van der Waals surface area contributed by atoms with Crippen LogP contribution in [-0.4, -0.2) is 88.4 Å². The fourth-order valence-corrected chi connectivity index (χ4v) is 4.19. The summed E-state index contributed by atoms with van der Waals surface area (Å²) in [5.74, 6) is 1.05. The molecule has 2 fully saturated rings. The molecular weight excluding hydrogens is 461 g/mol. The van der Waals surface area contributed by atoms with E-state index in [9.17, 15) is 0 Å². The van der Waals surface area contributed by atoms with Gasteiger partial charge in [0.25, 0.3) is 0 Å². The first-order valence-electron chi connectivity index (χ1n) is 9.41. The fourth-order valence-electron chi connectivity index (χ4n) is 3.41. The number of aliphatic imine (C=N–C) groups is 1. The van der Waals surface area contributed by atoms with Crippen LogP contribution in [0.3, 0.4) is 0 Å². The van der Waals surface area contributed by atoms with Gasteiger partial charge in [-0.15, -0.1) is 35.3 Å². The number of piperazine rings is 1. The summed E-state index contributed by atoms with van der Waals surface area (Å²) in [6.45, 7) is 10.3. The number of nitrogens with zero attached hydrogens (tertiary/aromatic N) is 4. The highest BCUT2D eigenvalue weighted by Gasteiger charge is 2.20. The van der Waals surface area contributed by atoms with Gasteiger partial charge in [-0.05, 0) is 36.9 Å². The van der Waals surface area contributed by atoms with Crippen LogP contribution in [0.25, 0.3) is 0 Å². The van der Waals surface area contributed by atoms with Crippen molar-refractivity contribution >= 4 is 46.3 Å². The Morgan fingerprint density at radius 3 is 2.58 bits per heavy atom. The molecule has 26 heavy (non-hydrogen) atoms. The lowest BCUT2D eigenvalue weighted by molar-refractivity contribution is 0.0372. The van der Waals surface area contributed by atoms with Gasteiger partial charge in [0.05, 0.1) is 18.2 Å². The molecule has 3 rings (SSSR count). The van der Waals surface area contributed by atoms with Crippen molar-refractivity contribution < 1.29 is 4.74 Å². The van der Waals surface area contributed by atoms with Gasteiger partial charge in [0.2, 0.25) is 0 Å². The molecule has 0 spiro atoms. The van der Waals surface area contributed by atoms with Crippen molar-refractivity contribution in [1.82, 2.24) is 15.1 Å².